The Morgan fingerprint density at radius 1 is 1.14 bits per heavy atom. The number of nitrogens with zero attached hydrogens (tertiary/aromatic N) is 1. The highest BCUT2D eigenvalue weighted by atomic mass is 32.2. The standard InChI is InChI=1S/C10H19NS.C2H6/c1-3-12-10-8-4-5-9(10)7-11(2)6-8;1-2/h8-10H,3-7H2,1-2H3;1-2H3. The van der Waals surface area contributed by atoms with Gasteiger partial charge in [0.1, 0.15) is 0 Å². The van der Waals surface area contributed by atoms with E-state index in [1.54, 1.807) is 0 Å². The zero-order valence-electron chi connectivity index (χ0n) is 10.1. The summed E-state index contributed by atoms with van der Waals surface area (Å²) < 4.78 is 0. The first-order valence-electron chi connectivity index (χ1n) is 6.11. The van der Waals surface area contributed by atoms with Crippen molar-refractivity contribution in [2.24, 2.45) is 11.8 Å². The minimum atomic E-state index is 1.01. The second-order valence-corrected chi connectivity index (χ2v) is 5.69. The number of fused-ring (bicyclic) bond motifs is 2. The summed E-state index contributed by atoms with van der Waals surface area (Å²) in [5, 5.41) is 1.01. The van der Waals surface area contributed by atoms with Gasteiger partial charge in [0.25, 0.3) is 0 Å². The van der Waals surface area contributed by atoms with Gasteiger partial charge in [-0.1, -0.05) is 20.8 Å². The maximum Gasteiger partial charge on any atom is 0.0128 e. The van der Waals surface area contributed by atoms with E-state index in [0.717, 1.165) is 17.1 Å². The molecule has 2 bridgehead atoms. The smallest absolute Gasteiger partial charge is 0.0128 e. The molecule has 2 heteroatoms. The highest BCUT2D eigenvalue weighted by molar-refractivity contribution is 7.99. The quantitative estimate of drug-likeness (QED) is 0.696. The molecular weight excluding hydrogens is 190 g/mol. The van der Waals surface area contributed by atoms with Gasteiger partial charge in [-0.15, -0.1) is 0 Å². The van der Waals surface area contributed by atoms with Crippen LogP contribution in [-0.2, 0) is 0 Å². The Bertz CT molecular complexity index is 146. The van der Waals surface area contributed by atoms with Crippen LogP contribution < -0.4 is 0 Å². The second kappa shape index (κ2) is 6.02. The highest BCUT2D eigenvalue weighted by Gasteiger charge is 2.40. The maximum atomic E-state index is 2.52. The third kappa shape index (κ3) is 2.66. The van der Waals surface area contributed by atoms with E-state index < -0.39 is 0 Å². The Morgan fingerprint density at radius 2 is 1.64 bits per heavy atom. The normalized spacial score (nSPS) is 36.4. The fourth-order valence-corrected chi connectivity index (χ4v) is 4.25. The topological polar surface area (TPSA) is 3.24 Å². The molecule has 0 aromatic carbocycles. The van der Waals surface area contributed by atoms with E-state index >= 15 is 0 Å². The average molecular weight is 215 g/mol. The van der Waals surface area contributed by atoms with Gasteiger partial charge in [-0.3, -0.25) is 0 Å². The van der Waals surface area contributed by atoms with E-state index in [-0.39, 0.29) is 0 Å². The first-order chi connectivity index (χ1) is 6.81. The summed E-state index contributed by atoms with van der Waals surface area (Å²) in [5.74, 6) is 3.33. The molecule has 2 rings (SSSR count). The Kier molecular flexibility index (Phi) is 5.32. The van der Waals surface area contributed by atoms with Crippen molar-refractivity contribution in [1.29, 1.82) is 0 Å². The van der Waals surface area contributed by atoms with Crippen molar-refractivity contribution in [1.82, 2.24) is 4.90 Å². The Labute approximate surface area is 93.6 Å². The van der Waals surface area contributed by atoms with E-state index in [1.165, 1.54) is 31.7 Å². The number of hydrogen-bond acceptors (Lipinski definition) is 2. The van der Waals surface area contributed by atoms with Crippen molar-refractivity contribution >= 4 is 11.8 Å². The summed E-state index contributed by atoms with van der Waals surface area (Å²) in [6.07, 6.45) is 2.99. The molecular formula is C12H25NS. The fourth-order valence-electron chi connectivity index (χ4n) is 2.87. The van der Waals surface area contributed by atoms with Crippen LogP contribution in [0.2, 0.25) is 0 Å². The van der Waals surface area contributed by atoms with Gasteiger partial charge >= 0.3 is 0 Å². The highest BCUT2D eigenvalue weighted by Crippen LogP contribution is 2.43. The van der Waals surface area contributed by atoms with Crippen molar-refractivity contribution in [3.63, 3.8) is 0 Å². The third-order valence-electron chi connectivity index (χ3n) is 3.29. The lowest BCUT2D eigenvalue weighted by Gasteiger charge is -2.35. The number of hydrogen-bond donors (Lipinski definition) is 0. The molecule has 0 radical (unpaired) electrons. The van der Waals surface area contributed by atoms with Crippen molar-refractivity contribution in [3.05, 3.63) is 0 Å². The molecule has 1 aliphatic heterocycles. The van der Waals surface area contributed by atoms with Gasteiger partial charge in [0.2, 0.25) is 0 Å². The molecule has 0 aromatic rings. The number of piperidine rings is 1. The average Bonchev–Trinajstić information content (AvgIpc) is 2.46. The molecule has 1 aliphatic carbocycles. The predicted octanol–water partition coefficient (Wildman–Crippen LogP) is 3.11. The van der Waals surface area contributed by atoms with Gasteiger partial charge in [0, 0.05) is 18.3 Å². The third-order valence-corrected chi connectivity index (χ3v) is 4.78. The van der Waals surface area contributed by atoms with Crippen LogP contribution in [0.25, 0.3) is 0 Å². The molecule has 0 aromatic heterocycles. The lowest BCUT2D eigenvalue weighted by molar-refractivity contribution is 0.210. The van der Waals surface area contributed by atoms with Gasteiger partial charge in [-0.2, -0.15) is 11.8 Å². The zero-order valence-corrected chi connectivity index (χ0v) is 10.9. The molecule has 0 N–H and O–H groups in total. The van der Waals surface area contributed by atoms with Crippen LogP contribution in [0.15, 0.2) is 0 Å². The number of thioether (sulfide) groups is 1. The summed E-state index contributed by atoms with van der Waals surface area (Å²) in [6, 6.07) is 0. The molecule has 0 spiro atoms. The Balaban J connectivity index is 0.000000461. The minimum absolute atomic E-state index is 1.01. The van der Waals surface area contributed by atoms with Crippen LogP contribution >= 0.6 is 11.8 Å². The summed E-state index contributed by atoms with van der Waals surface area (Å²) in [6.45, 7) is 9.00. The summed E-state index contributed by atoms with van der Waals surface area (Å²) >= 11 is 2.21. The fraction of sp³-hybridized carbons (Fsp3) is 1.00. The van der Waals surface area contributed by atoms with Gasteiger partial charge in [-0.25, -0.2) is 0 Å². The molecule has 1 saturated carbocycles. The Hall–Kier alpha value is 0.310. The van der Waals surface area contributed by atoms with Crippen molar-refractivity contribution < 1.29 is 0 Å². The van der Waals surface area contributed by atoms with Gasteiger partial charge < -0.3 is 4.90 Å². The first kappa shape index (κ1) is 12.4. The number of likely N-dealkylation sites (tertiary alicyclic amines) is 1. The van der Waals surface area contributed by atoms with Crippen LogP contribution in [0, 0.1) is 11.8 Å². The molecule has 1 saturated heterocycles. The molecule has 2 unspecified atom stereocenters. The lowest BCUT2D eigenvalue weighted by atomic mass is 9.99. The molecule has 0 amide bonds. The van der Waals surface area contributed by atoms with Crippen LogP contribution in [0.1, 0.15) is 33.6 Å². The summed E-state index contributed by atoms with van der Waals surface area (Å²) in [4.78, 5) is 2.52. The molecule has 84 valence electrons. The van der Waals surface area contributed by atoms with E-state index in [2.05, 4.69) is 30.6 Å². The molecule has 1 nitrogen and oxygen atoms in total. The zero-order chi connectivity index (χ0) is 10.6. The Morgan fingerprint density at radius 3 is 2.07 bits per heavy atom. The largest absolute Gasteiger partial charge is 0.306 e. The number of rotatable bonds is 2. The van der Waals surface area contributed by atoms with Crippen molar-refractivity contribution in [3.8, 4) is 0 Å². The molecule has 2 aliphatic rings. The molecule has 14 heavy (non-hydrogen) atoms. The minimum Gasteiger partial charge on any atom is -0.306 e. The van der Waals surface area contributed by atoms with Crippen molar-refractivity contribution in [2.75, 3.05) is 25.9 Å². The first-order valence-corrected chi connectivity index (χ1v) is 7.16. The van der Waals surface area contributed by atoms with Crippen LogP contribution in [0.5, 0.6) is 0 Å². The van der Waals surface area contributed by atoms with Gasteiger partial charge in [0.05, 0.1) is 0 Å². The van der Waals surface area contributed by atoms with Crippen LogP contribution in [0.4, 0.5) is 0 Å². The summed E-state index contributed by atoms with van der Waals surface area (Å²) in [5.41, 5.74) is 0. The van der Waals surface area contributed by atoms with Crippen LogP contribution in [-0.4, -0.2) is 36.0 Å². The molecule has 1 heterocycles. The SMILES string of the molecule is CC.CCSC1C2CCC1CN(C)C2. The molecule has 2 fully saturated rings. The van der Waals surface area contributed by atoms with E-state index in [0.29, 0.717) is 0 Å². The monoisotopic (exact) mass is 215 g/mol. The van der Waals surface area contributed by atoms with Gasteiger partial charge in [-0.05, 0) is 37.5 Å². The van der Waals surface area contributed by atoms with Gasteiger partial charge in [0.15, 0.2) is 0 Å². The summed E-state index contributed by atoms with van der Waals surface area (Å²) in [7, 11) is 2.28. The maximum absolute atomic E-state index is 2.52. The van der Waals surface area contributed by atoms with E-state index in [4.69, 9.17) is 0 Å². The van der Waals surface area contributed by atoms with Crippen LogP contribution in [0.3, 0.4) is 0 Å². The second-order valence-electron chi connectivity index (χ2n) is 4.24. The van der Waals surface area contributed by atoms with E-state index in [1.807, 2.05) is 13.8 Å². The lowest BCUT2D eigenvalue weighted by Crippen LogP contribution is -2.41. The molecule has 2 atom stereocenters. The van der Waals surface area contributed by atoms with Crippen molar-refractivity contribution in [2.45, 2.75) is 38.9 Å². The predicted molar refractivity (Wildman–Crippen MR) is 67.0 cm³/mol. The van der Waals surface area contributed by atoms with E-state index in [9.17, 15) is 0 Å².